The van der Waals surface area contributed by atoms with Gasteiger partial charge in [-0.25, -0.2) is 17.9 Å². The third kappa shape index (κ3) is 2.47. The Bertz CT molecular complexity index is 551. The monoisotopic (exact) mass is 273 g/mol. The van der Waals surface area contributed by atoms with Gasteiger partial charge in [-0.1, -0.05) is 6.92 Å². The number of hydrogen-bond acceptors (Lipinski definition) is 4. The van der Waals surface area contributed by atoms with E-state index in [4.69, 9.17) is 10.9 Å². The van der Waals surface area contributed by atoms with Crippen molar-refractivity contribution >= 4 is 15.7 Å². The zero-order valence-corrected chi connectivity index (χ0v) is 10.8. The Morgan fingerprint density at radius 2 is 2.06 bits per heavy atom. The first-order chi connectivity index (χ1) is 8.29. The average molecular weight is 273 g/mol. The zero-order valence-electron chi connectivity index (χ0n) is 10.0. The zero-order chi connectivity index (χ0) is 13.5. The molecule has 0 amide bonds. The lowest BCUT2D eigenvalue weighted by molar-refractivity contribution is 0.565. The van der Waals surface area contributed by atoms with Gasteiger partial charge in [0.15, 0.2) is 0 Å². The number of sulfonamides is 1. The molecule has 0 aliphatic carbocycles. The molecule has 1 heterocycles. The molecule has 1 aromatic rings. The molecule has 0 aromatic heterocycles. The fourth-order valence-corrected chi connectivity index (χ4v) is 2.64. The second kappa shape index (κ2) is 4.49. The summed E-state index contributed by atoms with van der Waals surface area (Å²) >= 11 is 0. The number of benzene rings is 1. The minimum absolute atomic E-state index is 0.00215. The van der Waals surface area contributed by atoms with Crippen molar-refractivity contribution < 1.29 is 12.8 Å². The molecular formula is C11H16FN3O2S. The van der Waals surface area contributed by atoms with Crippen molar-refractivity contribution in [1.29, 1.82) is 0 Å². The van der Waals surface area contributed by atoms with E-state index < -0.39 is 15.8 Å². The highest BCUT2D eigenvalue weighted by Gasteiger charge is 2.28. The van der Waals surface area contributed by atoms with Gasteiger partial charge >= 0.3 is 0 Å². The minimum Gasteiger partial charge on any atom is -0.367 e. The maximum Gasteiger partial charge on any atom is 0.238 e. The first-order valence-electron chi connectivity index (χ1n) is 5.62. The molecule has 5 nitrogen and oxygen atoms in total. The normalized spacial score (nSPS) is 24.6. The summed E-state index contributed by atoms with van der Waals surface area (Å²) in [6.45, 7) is 3.22. The molecule has 1 aromatic carbocycles. The Labute approximate surface area is 106 Å². The lowest BCUT2D eigenvalue weighted by atomic mass is 10.1. The number of halogens is 1. The summed E-state index contributed by atoms with van der Waals surface area (Å²) < 4.78 is 36.1. The highest BCUT2D eigenvalue weighted by Crippen LogP contribution is 2.27. The van der Waals surface area contributed by atoms with E-state index in [1.807, 2.05) is 11.8 Å². The molecule has 7 heteroatoms. The van der Waals surface area contributed by atoms with Gasteiger partial charge in [-0.05, 0) is 24.1 Å². The predicted molar refractivity (Wildman–Crippen MR) is 67.1 cm³/mol. The summed E-state index contributed by atoms with van der Waals surface area (Å²) in [7, 11) is -3.87. The van der Waals surface area contributed by atoms with Gasteiger partial charge in [0.1, 0.15) is 5.82 Å². The SMILES string of the molecule is CC1CN(c2ccc(S(N)(=O)=O)cc2F)CC1N. The Hall–Kier alpha value is -1.18. The van der Waals surface area contributed by atoms with Gasteiger partial charge in [0.05, 0.1) is 10.6 Å². The van der Waals surface area contributed by atoms with E-state index >= 15 is 0 Å². The van der Waals surface area contributed by atoms with E-state index in [2.05, 4.69) is 0 Å². The number of nitrogens with zero attached hydrogens (tertiary/aromatic N) is 1. The standard InChI is InChI=1S/C11H16FN3O2S/c1-7-5-15(6-10(7)13)11-3-2-8(4-9(11)12)18(14,16)17/h2-4,7,10H,5-6,13H2,1H3,(H2,14,16,17). The van der Waals surface area contributed by atoms with Crippen LogP contribution < -0.4 is 15.8 Å². The molecule has 4 N–H and O–H groups in total. The van der Waals surface area contributed by atoms with Gasteiger partial charge in [-0.15, -0.1) is 0 Å². The fraction of sp³-hybridized carbons (Fsp3) is 0.455. The van der Waals surface area contributed by atoms with Gasteiger partial charge in [0, 0.05) is 19.1 Å². The second-order valence-corrected chi connectivity index (χ2v) is 6.27. The molecule has 100 valence electrons. The van der Waals surface area contributed by atoms with E-state index in [0.717, 1.165) is 6.07 Å². The maximum atomic E-state index is 13.9. The van der Waals surface area contributed by atoms with Gasteiger partial charge in [-0.3, -0.25) is 0 Å². The van der Waals surface area contributed by atoms with Crippen LogP contribution in [0.4, 0.5) is 10.1 Å². The molecule has 1 saturated heterocycles. The predicted octanol–water partition coefficient (Wildman–Crippen LogP) is 0.257. The van der Waals surface area contributed by atoms with Crippen LogP contribution in [0.3, 0.4) is 0 Å². The second-order valence-electron chi connectivity index (χ2n) is 4.70. The Kier molecular flexibility index (Phi) is 3.31. The Morgan fingerprint density at radius 1 is 1.39 bits per heavy atom. The third-order valence-corrected chi connectivity index (χ3v) is 4.17. The summed E-state index contributed by atoms with van der Waals surface area (Å²) in [6.07, 6.45) is 0. The van der Waals surface area contributed by atoms with Crippen LogP contribution in [0.2, 0.25) is 0 Å². The van der Waals surface area contributed by atoms with E-state index in [1.54, 1.807) is 0 Å². The molecule has 0 radical (unpaired) electrons. The first kappa shape index (κ1) is 13.3. The minimum atomic E-state index is -3.87. The lowest BCUT2D eigenvalue weighted by Gasteiger charge is -2.19. The molecule has 2 unspecified atom stereocenters. The summed E-state index contributed by atoms with van der Waals surface area (Å²) in [5, 5.41) is 4.95. The van der Waals surface area contributed by atoms with Crippen LogP contribution in [0.5, 0.6) is 0 Å². The average Bonchev–Trinajstić information content (AvgIpc) is 2.57. The molecule has 1 aliphatic rings. The number of hydrogen-bond donors (Lipinski definition) is 2. The topological polar surface area (TPSA) is 89.4 Å². The van der Waals surface area contributed by atoms with Crippen LogP contribution in [-0.4, -0.2) is 27.5 Å². The molecule has 0 spiro atoms. The molecule has 0 saturated carbocycles. The molecule has 2 rings (SSSR count). The summed E-state index contributed by atoms with van der Waals surface area (Å²) in [4.78, 5) is 1.60. The molecule has 1 aliphatic heterocycles. The highest BCUT2D eigenvalue weighted by atomic mass is 32.2. The fourth-order valence-electron chi connectivity index (χ4n) is 2.11. The molecule has 18 heavy (non-hydrogen) atoms. The van der Waals surface area contributed by atoms with Crippen LogP contribution in [0, 0.1) is 11.7 Å². The van der Waals surface area contributed by atoms with Crippen molar-refractivity contribution in [1.82, 2.24) is 0 Å². The molecular weight excluding hydrogens is 257 g/mol. The summed E-state index contributed by atoms with van der Waals surface area (Å²) in [5.74, 6) is -0.315. The van der Waals surface area contributed by atoms with Gasteiger partial charge in [0.25, 0.3) is 0 Å². The largest absolute Gasteiger partial charge is 0.367 e. The van der Waals surface area contributed by atoms with E-state index in [9.17, 15) is 12.8 Å². The highest BCUT2D eigenvalue weighted by molar-refractivity contribution is 7.89. The van der Waals surface area contributed by atoms with Crippen LogP contribution >= 0.6 is 0 Å². The van der Waals surface area contributed by atoms with Crippen molar-refractivity contribution in [3.8, 4) is 0 Å². The number of anilines is 1. The van der Waals surface area contributed by atoms with E-state index in [1.165, 1.54) is 12.1 Å². The first-order valence-corrected chi connectivity index (χ1v) is 7.16. The van der Waals surface area contributed by atoms with Crippen molar-refractivity contribution in [2.75, 3.05) is 18.0 Å². The third-order valence-electron chi connectivity index (χ3n) is 3.26. The molecule has 2 atom stereocenters. The number of rotatable bonds is 2. The molecule has 0 bridgehead atoms. The number of nitrogens with two attached hydrogens (primary N) is 2. The van der Waals surface area contributed by atoms with Crippen LogP contribution in [-0.2, 0) is 10.0 Å². The van der Waals surface area contributed by atoms with Crippen molar-refractivity contribution in [2.24, 2.45) is 16.8 Å². The Balaban J connectivity index is 2.32. The Morgan fingerprint density at radius 3 is 2.50 bits per heavy atom. The smallest absolute Gasteiger partial charge is 0.238 e. The van der Waals surface area contributed by atoms with E-state index in [0.29, 0.717) is 18.8 Å². The van der Waals surface area contributed by atoms with Crippen molar-refractivity contribution in [3.05, 3.63) is 24.0 Å². The van der Waals surface area contributed by atoms with Crippen molar-refractivity contribution in [2.45, 2.75) is 17.9 Å². The quantitative estimate of drug-likeness (QED) is 0.808. The summed E-state index contributed by atoms with van der Waals surface area (Å²) in [5.41, 5.74) is 6.24. The van der Waals surface area contributed by atoms with Gasteiger partial charge in [-0.2, -0.15) is 0 Å². The van der Waals surface area contributed by atoms with Gasteiger partial charge in [0.2, 0.25) is 10.0 Å². The maximum absolute atomic E-state index is 13.9. The number of primary sulfonamides is 1. The van der Waals surface area contributed by atoms with E-state index in [-0.39, 0.29) is 16.9 Å². The van der Waals surface area contributed by atoms with Crippen LogP contribution in [0.25, 0.3) is 0 Å². The van der Waals surface area contributed by atoms with Gasteiger partial charge < -0.3 is 10.6 Å². The summed E-state index contributed by atoms with van der Waals surface area (Å²) in [6, 6.07) is 3.68. The van der Waals surface area contributed by atoms with Crippen LogP contribution in [0.15, 0.2) is 23.1 Å². The lowest BCUT2D eigenvalue weighted by Crippen LogP contribution is -2.28. The van der Waals surface area contributed by atoms with Crippen LogP contribution in [0.1, 0.15) is 6.92 Å². The van der Waals surface area contributed by atoms with Crippen molar-refractivity contribution in [3.63, 3.8) is 0 Å². The molecule has 1 fully saturated rings.